The number of hydrogen-bond donors (Lipinski definition) is 1. The molecule has 88 valence electrons. The molecule has 0 saturated carbocycles. The number of aromatic nitrogens is 1. The van der Waals surface area contributed by atoms with Crippen LogP contribution in [0.25, 0.3) is 0 Å². The van der Waals surface area contributed by atoms with E-state index in [9.17, 15) is 13.2 Å². The normalized spacial score (nSPS) is 10.3. The highest BCUT2D eigenvalue weighted by molar-refractivity contribution is 5.35. The number of halogens is 3. The van der Waals surface area contributed by atoms with E-state index in [4.69, 9.17) is 0 Å². The van der Waals surface area contributed by atoms with Crippen LogP contribution in [-0.2, 0) is 6.54 Å². The predicted octanol–water partition coefficient (Wildman–Crippen LogP) is 3.11. The standard InChI is InChI=1S/C12H9F3N2/c13-9-2-4-12(17-7-9)16-6-8-1-3-10(14)11(15)5-8/h1-5,7H,6H2,(H,16,17). The fourth-order valence-electron chi connectivity index (χ4n) is 1.32. The Morgan fingerprint density at radius 1 is 1.00 bits per heavy atom. The van der Waals surface area contributed by atoms with E-state index < -0.39 is 17.5 Å². The summed E-state index contributed by atoms with van der Waals surface area (Å²) in [5.41, 5.74) is 0.579. The highest BCUT2D eigenvalue weighted by Gasteiger charge is 2.02. The number of hydrogen-bond acceptors (Lipinski definition) is 2. The highest BCUT2D eigenvalue weighted by atomic mass is 19.2. The topological polar surface area (TPSA) is 24.9 Å². The summed E-state index contributed by atoms with van der Waals surface area (Å²) in [7, 11) is 0. The molecule has 0 aliphatic rings. The second-order valence-electron chi connectivity index (χ2n) is 3.46. The smallest absolute Gasteiger partial charge is 0.159 e. The average Bonchev–Trinajstić information content (AvgIpc) is 2.33. The van der Waals surface area contributed by atoms with E-state index >= 15 is 0 Å². The first kappa shape index (κ1) is 11.4. The molecule has 17 heavy (non-hydrogen) atoms. The summed E-state index contributed by atoms with van der Waals surface area (Å²) in [5.74, 6) is -1.73. The molecular formula is C12H9F3N2. The summed E-state index contributed by atoms with van der Waals surface area (Å²) in [4.78, 5) is 3.78. The minimum Gasteiger partial charge on any atom is -0.366 e. The van der Waals surface area contributed by atoms with Crippen molar-refractivity contribution in [2.24, 2.45) is 0 Å². The Labute approximate surface area is 96.1 Å². The maximum atomic E-state index is 12.9. The number of pyridine rings is 1. The molecule has 0 aliphatic heterocycles. The van der Waals surface area contributed by atoms with E-state index in [1.54, 1.807) is 0 Å². The number of nitrogens with zero attached hydrogens (tertiary/aromatic N) is 1. The highest BCUT2D eigenvalue weighted by Crippen LogP contribution is 2.11. The zero-order valence-electron chi connectivity index (χ0n) is 8.75. The Morgan fingerprint density at radius 2 is 1.82 bits per heavy atom. The van der Waals surface area contributed by atoms with Crippen LogP contribution in [0.1, 0.15) is 5.56 Å². The maximum Gasteiger partial charge on any atom is 0.159 e. The van der Waals surface area contributed by atoms with Crippen LogP contribution in [0.2, 0.25) is 0 Å². The van der Waals surface area contributed by atoms with E-state index in [-0.39, 0.29) is 6.54 Å². The summed E-state index contributed by atoms with van der Waals surface area (Å²) in [6.45, 7) is 0.288. The molecule has 0 saturated heterocycles. The van der Waals surface area contributed by atoms with Crippen LogP contribution in [0, 0.1) is 17.5 Å². The number of rotatable bonds is 3. The van der Waals surface area contributed by atoms with Gasteiger partial charge in [-0.2, -0.15) is 0 Å². The molecule has 1 N–H and O–H groups in total. The molecule has 0 fully saturated rings. The average molecular weight is 238 g/mol. The van der Waals surface area contributed by atoms with Crippen LogP contribution >= 0.6 is 0 Å². The lowest BCUT2D eigenvalue weighted by Crippen LogP contribution is -2.02. The van der Waals surface area contributed by atoms with E-state index in [2.05, 4.69) is 10.3 Å². The minimum absolute atomic E-state index is 0.288. The van der Waals surface area contributed by atoms with Crippen LogP contribution in [0.5, 0.6) is 0 Å². The summed E-state index contributed by atoms with van der Waals surface area (Å²) < 4.78 is 38.1. The van der Waals surface area contributed by atoms with Gasteiger partial charge in [-0.05, 0) is 29.8 Å². The quantitative estimate of drug-likeness (QED) is 0.888. The second-order valence-corrected chi connectivity index (χ2v) is 3.46. The number of nitrogens with one attached hydrogen (secondary N) is 1. The van der Waals surface area contributed by atoms with Crippen molar-refractivity contribution in [3.8, 4) is 0 Å². The van der Waals surface area contributed by atoms with Crippen LogP contribution in [-0.4, -0.2) is 4.98 Å². The molecule has 0 aliphatic carbocycles. The molecular weight excluding hydrogens is 229 g/mol. The molecule has 0 radical (unpaired) electrons. The Morgan fingerprint density at radius 3 is 2.47 bits per heavy atom. The van der Waals surface area contributed by atoms with Gasteiger partial charge in [-0.1, -0.05) is 6.07 Å². The molecule has 0 atom stereocenters. The summed E-state index contributed by atoms with van der Waals surface area (Å²) >= 11 is 0. The predicted molar refractivity (Wildman–Crippen MR) is 57.9 cm³/mol. The third kappa shape index (κ3) is 2.96. The largest absolute Gasteiger partial charge is 0.366 e. The van der Waals surface area contributed by atoms with Crippen LogP contribution < -0.4 is 5.32 Å². The van der Waals surface area contributed by atoms with Gasteiger partial charge >= 0.3 is 0 Å². The second kappa shape index (κ2) is 4.86. The molecule has 1 aromatic carbocycles. The van der Waals surface area contributed by atoms with Gasteiger partial charge in [0, 0.05) is 6.54 Å². The lowest BCUT2D eigenvalue weighted by atomic mass is 10.2. The van der Waals surface area contributed by atoms with Gasteiger partial charge in [0.2, 0.25) is 0 Å². The lowest BCUT2D eigenvalue weighted by molar-refractivity contribution is 0.507. The van der Waals surface area contributed by atoms with Gasteiger partial charge in [0.25, 0.3) is 0 Å². The zero-order valence-corrected chi connectivity index (χ0v) is 8.75. The maximum absolute atomic E-state index is 12.9. The molecule has 0 amide bonds. The van der Waals surface area contributed by atoms with E-state index in [0.29, 0.717) is 11.4 Å². The first-order valence-electron chi connectivity index (χ1n) is 4.94. The SMILES string of the molecule is Fc1ccc(NCc2ccc(F)c(F)c2)nc1. The fraction of sp³-hybridized carbons (Fsp3) is 0.0833. The van der Waals surface area contributed by atoms with Crippen LogP contribution in [0.4, 0.5) is 19.0 Å². The Kier molecular flexibility index (Phi) is 3.27. The molecule has 2 rings (SSSR count). The summed E-state index contributed by atoms with van der Waals surface area (Å²) in [6, 6.07) is 6.36. The van der Waals surface area contributed by atoms with Crippen molar-refractivity contribution in [2.45, 2.75) is 6.54 Å². The zero-order chi connectivity index (χ0) is 12.3. The van der Waals surface area contributed by atoms with Crippen molar-refractivity contribution in [1.29, 1.82) is 0 Å². The number of benzene rings is 1. The van der Waals surface area contributed by atoms with Crippen molar-refractivity contribution in [3.63, 3.8) is 0 Å². The molecule has 0 spiro atoms. The Hall–Kier alpha value is -2.04. The molecule has 5 heteroatoms. The van der Waals surface area contributed by atoms with Gasteiger partial charge in [-0.3, -0.25) is 0 Å². The molecule has 2 aromatic rings. The third-order valence-corrected chi connectivity index (χ3v) is 2.19. The van der Waals surface area contributed by atoms with Crippen molar-refractivity contribution < 1.29 is 13.2 Å². The Balaban J connectivity index is 2.02. The monoisotopic (exact) mass is 238 g/mol. The van der Waals surface area contributed by atoms with Crippen molar-refractivity contribution in [1.82, 2.24) is 4.98 Å². The minimum atomic E-state index is -0.892. The van der Waals surface area contributed by atoms with Crippen LogP contribution in [0.3, 0.4) is 0 Å². The first-order valence-corrected chi connectivity index (χ1v) is 4.94. The first-order chi connectivity index (χ1) is 8.15. The molecule has 1 heterocycles. The molecule has 0 bridgehead atoms. The molecule has 1 aromatic heterocycles. The van der Waals surface area contributed by atoms with Crippen molar-refractivity contribution in [2.75, 3.05) is 5.32 Å². The Bertz CT molecular complexity index is 512. The fourth-order valence-corrected chi connectivity index (χ4v) is 1.32. The van der Waals surface area contributed by atoms with Crippen molar-refractivity contribution in [3.05, 3.63) is 59.5 Å². The van der Waals surface area contributed by atoms with Gasteiger partial charge in [-0.25, -0.2) is 18.2 Å². The van der Waals surface area contributed by atoms with Gasteiger partial charge in [0.05, 0.1) is 6.20 Å². The third-order valence-electron chi connectivity index (χ3n) is 2.19. The molecule has 2 nitrogen and oxygen atoms in total. The van der Waals surface area contributed by atoms with E-state index in [0.717, 1.165) is 18.3 Å². The number of anilines is 1. The summed E-state index contributed by atoms with van der Waals surface area (Å²) in [5, 5.41) is 2.87. The van der Waals surface area contributed by atoms with Gasteiger partial charge < -0.3 is 5.32 Å². The van der Waals surface area contributed by atoms with Gasteiger partial charge in [0.15, 0.2) is 11.6 Å². The van der Waals surface area contributed by atoms with Crippen molar-refractivity contribution >= 4 is 5.82 Å². The summed E-state index contributed by atoms with van der Waals surface area (Å²) in [6.07, 6.45) is 1.08. The van der Waals surface area contributed by atoms with Crippen LogP contribution in [0.15, 0.2) is 36.5 Å². The molecule has 0 unspecified atom stereocenters. The van der Waals surface area contributed by atoms with Gasteiger partial charge in [-0.15, -0.1) is 0 Å². The van der Waals surface area contributed by atoms with E-state index in [1.807, 2.05) is 0 Å². The van der Waals surface area contributed by atoms with E-state index in [1.165, 1.54) is 18.2 Å². The lowest BCUT2D eigenvalue weighted by Gasteiger charge is -2.05. The van der Waals surface area contributed by atoms with Gasteiger partial charge in [0.1, 0.15) is 11.6 Å².